The van der Waals surface area contributed by atoms with Crippen molar-refractivity contribution in [2.24, 2.45) is 10.9 Å². The van der Waals surface area contributed by atoms with Crippen LogP contribution < -0.4 is 16.0 Å². The third-order valence-electron chi connectivity index (χ3n) is 4.02. The molecule has 0 saturated carbocycles. The number of nitrogens with zero attached hydrogens (tertiary/aromatic N) is 1. The molecule has 154 valence electrons. The Morgan fingerprint density at radius 3 is 2.54 bits per heavy atom. The van der Waals surface area contributed by atoms with Gasteiger partial charge in [-0.25, -0.2) is 0 Å². The minimum absolute atomic E-state index is 0. The van der Waals surface area contributed by atoms with E-state index in [1.54, 1.807) is 0 Å². The smallest absolute Gasteiger partial charge is 0.221 e. The molecular formula is C21H31IN4OS. The highest BCUT2D eigenvalue weighted by Crippen LogP contribution is 2.14. The fourth-order valence-electron chi connectivity index (χ4n) is 2.71. The minimum Gasteiger partial charge on any atom is -0.357 e. The molecule has 0 spiro atoms. The standard InChI is InChI=1S/C21H30N4OS.HI/c1-4-22-21(24-15-16(2)14-20-6-5-13-27-20)23-12-11-18-7-9-19(10-8-18)25-17(3)26;/h5-10,13,16H,4,11-12,14-15H2,1-3H3,(H,25,26)(H2,22,23,24);1H. The van der Waals surface area contributed by atoms with Crippen molar-refractivity contribution in [1.29, 1.82) is 0 Å². The number of aliphatic imine (C=N–C) groups is 1. The predicted molar refractivity (Wildman–Crippen MR) is 131 cm³/mol. The number of hydrogen-bond acceptors (Lipinski definition) is 3. The van der Waals surface area contributed by atoms with E-state index >= 15 is 0 Å². The van der Waals surface area contributed by atoms with Gasteiger partial charge < -0.3 is 16.0 Å². The zero-order chi connectivity index (χ0) is 19.5. The molecule has 0 aliphatic rings. The summed E-state index contributed by atoms with van der Waals surface area (Å²) in [6.45, 7) is 8.29. The molecule has 0 bridgehead atoms. The second kappa shape index (κ2) is 13.5. The van der Waals surface area contributed by atoms with Gasteiger partial charge in [-0.05, 0) is 54.8 Å². The number of hydrogen-bond donors (Lipinski definition) is 3. The molecule has 1 heterocycles. The van der Waals surface area contributed by atoms with Gasteiger partial charge in [0.25, 0.3) is 0 Å². The van der Waals surface area contributed by atoms with Crippen molar-refractivity contribution in [1.82, 2.24) is 10.6 Å². The molecule has 0 aliphatic carbocycles. The summed E-state index contributed by atoms with van der Waals surface area (Å²) in [4.78, 5) is 17.2. The van der Waals surface area contributed by atoms with Crippen molar-refractivity contribution in [3.8, 4) is 0 Å². The largest absolute Gasteiger partial charge is 0.357 e. The lowest BCUT2D eigenvalue weighted by Crippen LogP contribution is -2.38. The first-order chi connectivity index (χ1) is 13.1. The second-order valence-electron chi connectivity index (χ2n) is 6.66. The number of nitrogens with one attached hydrogen (secondary N) is 3. The molecule has 3 N–H and O–H groups in total. The molecule has 1 amide bonds. The molecule has 28 heavy (non-hydrogen) atoms. The predicted octanol–water partition coefficient (Wildman–Crippen LogP) is 4.30. The van der Waals surface area contributed by atoms with E-state index < -0.39 is 0 Å². The molecule has 1 aromatic carbocycles. The molecule has 2 rings (SSSR count). The maximum absolute atomic E-state index is 11.1. The van der Waals surface area contributed by atoms with Crippen LogP contribution in [-0.4, -0.2) is 31.5 Å². The van der Waals surface area contributed by atoms with Gasteiger partial charge in [-0.1, -0.05) is 25.1 Å². The first-order valence-corrected chi connectivity index (χ1v) is 10.4. The summed E-state index contributed by atoms with van der Waals surface area (Å²) in [5.41, 5.74) is 2.05. The third kappa shape index (κ3) is 9.54. The molecule has 1 unspecified atom stereocenters. The summed E-state index contributed by atoms with van der Waals surface area (Å²) in [6, 6.07) is 12.2. The van der Waals surface area contributed by atoms with Gasteiger partial charge in [0.05, 0.1) is 0 Å². The van der Waals surface area contributed by atoms with Gasteiger partial charge in [0, 0.05) is 37.1 Å². The number of anilines is 1. The number of amides is 1. The summed E-state index contributed by atoms with van der Waals surface area (Å²) >= 11 is 1.81. The molecule has 0 fully saturated rings. The number of carbonyl (C=O) groups is 1. The number of benzene rings is 1. The van der Waals surface area contributed by atoms with Crippen LogP contribution in [0.3, 0.4) is 0 Å². The summed E-state index contributed by atoms with van der Waals surface area (Å²) in [7, 11) is 0. The number of halogens is 1. The minimum atomic E-state index is -0.0517. The quantitative estimate of drug-likeness (QED) is 0.266. The average Bonchev–Trinajstić information content (AvgIpc) is 3.13. The van der Waals surface area contributed by atoms with E-state index in [-0.39, 0.29) is 29.9 Å². The van der Waals surface area contributed by atoms with Gasteiger partial charge in [0.2, 0.25) is 5.91 Å². The summed E-state index contributed by atoms with van der Waals surface area (Å²) in [5, 5.41) is 11.6. The lowest BCUT2D eigenvalue weighted by Gasteiger charge is -2.13. The van der Waals surface area contributed by atoms with E-state index in [9.17, 15) is 4.79 Å². The molecule has 1 aromatic heterocycles. The fraction of sp³-hybridized carbons (Fsp3) is 0.429. The SMILES string of the molecule is CCNC(=NCC(C)Cc1cccs1)NCCc1ccc(NC(C)=O)cc1.I. The van der Waals surface area contributed by atoms with Crippen LogP contribution in [0.5, 0.6) is 0 Å². The lowest BCUT2D eigenvalue weighted by molar-refractivity contribution is -0.114. The second-order valence-corrected chi connectivity index (χ2v) is 7.70. The van der Waals surface area contributed by atoms with Crippen LogP contribution >= 0.6 is 35.3 Å². The fourth-order valence-corrected chi connectivity index (χ4v) is 3.58. The normalized spacial score (nSPS) is 12.0. The highest BCUT2D eigenvalue weighted by atomic mass is 127. The summed E-state index contributed by atoms with van der Waals surface area (Å²) < 4.78 is 0. The van der Waals surface area contributed by atoms with Crippen LogP contribution in [0.25, 0.3) is 0 Å². The maximum Gasteiger partial charge on any atom is 0.221 e. The van der Waals surface area contributed by atoms with E-state index in [0.29, 0.717) is 5.92 Å². The monoisotopic (exact) mass is 514 g/mol. The molecular weight excluding hydrogens is 483 g/mol. The van der Waals surface area contributed by atoms with Crippen LogP contribution in [0.4, 0.5) is 5.69 Å². The Kier molecular flexibility index (Phi) is 11.8. The highest BCUT2D eigenvalue weighted by Gasteiger charge is 2.05. The summed E-state index contributed by atoms with van der Waals surface area (Å²) in [5.74, 6) is 1.33. The Balaban J connectivity index is 0.00000392. The molecule has 0 radical (unpaired) electrons. The van der Waals surface area contributed by atoms with E-state index in [4.69, 9.17) is 4.99 Å². The van der Waals surface area contributed by atoms with E-state index in [0.717, 1.165) is 44.1 Å². The lowest BCUT2D eigenvalue weighted by atomic mass is 10.1. The van der Waals surface area contributed by atoms with Gasteiger partial charge in [0.1, 0.15) is 0 Å². The van der Waals surface area contributed by atoms with Crippen LogP contribution in [0.1, 0.15) is 31.2 Å². The highest BCUT2D eigenvalue weighted by molar-refractivity contribution is 14.0. The van der Waals surface area contributed by atoms with Crippen molar-refractivity contribution >= 4 is 52.9 Å². The molecule has 7 heteroatoms. The van der Waals surface area contributed by atoms with Crippen LogP contribution in [0.15, 0.2) is 46.8 Å². The van der Waals surface area contributed by atoms with E-state index in [1.807, 2.05) is 35.6 Å². The molecule has 0 aliphatic heterocycles. The Morgan fingerprint density at radius 1 is 1.18 bits per heavy atom. The number of carbonyl (C=O) groups excluding carboxylic acids is 1. The Morgan fingerprint density at radius 2 is 1.93 bits per heavy atom. The van der Waals surface area contributed by atoms with Crippen molar-refractivity contribution in [3.63, 3.8) is 0 Å². The number of thiophene rings is 1. The van der Waals surface area contributed by atoms with Crippen LogP contribution in [0.2, 0.25) is 0 Å². The molecule has 0 saturated heterocycles. The molecule has 1 atom stereocenters. The first kappa shape index (κ1) is 24.4. The van der Waals surface area contributed by atoms with Crippen molar-refractivity contribution < 1.29 is 4.79 Å². The Bertz CT molecular complexity index is 717. The topological polar surface area (TPSA) is 65.5 Å². The Labute approximate surface area is 189 Å². The van der Waals surface area contributed by atoms with Crippen LogP contribution in [0, 0.1) is 5.92 Å². The third-order valence-corrected chi connectivity index (χ3v) is 4.91. The first-order valence-electron chi connectivity index (χ1n) is 9.48. The zero-order valence-electron chi connectivity index (χ0n) is 16.8. The molecule has 2 aromatic rings. The van der Waals surface area contributed by atoms with E-state index in [1.165, 1.54) is 17.4 Å². The van der Waals surface area contributed by atoms with Crippen molar-refractivity contribution in [3.05, 3.63) is 52.2 Å². The van der Waals surface area contributed by atoms with Gasteiger partial charge in [-0.3, -0.25) is 9.79 Å². The molecule has 5 nitrogen and oxygen atoms in total. The average molecular weight is 514 g/mol. The van der Waals surface area contributed by atoms with Crippen LogP contribution in [-0.2, 0) is 17.6 Å². The number of rotatable bonds is 9. The van der Waals surface area contributed by atoms with Gasteiger partial charge in [0.15, 0.2) is 5.96 Å². The zero-order valence-corrected chi connectivity index (χ0v) is 20.0. The maximum atomic E-state index is 11.1. The van der Waals surface area contributed by atoms with E-state index in [2.05, 4.69) is 47.3 Å². The number of guanidine groups is 1. The van der Waals surface area contributed by atoms with Gasteiger partial charge in [-0.15, -0.1) is 35.3 Å². The van der Waals surface area contributed by atoms with Crippen molar-refractivity contribution in [2.45, 2.75) is 33.6 Å². The van der Waals surface area contributed by atoms with Gasteiger partial charge in [-0.2, -0.15) is 0 Å². The summed E-state index contributed by atoms with van der Waals surface area (Å²) in [6.07, 6.45) is 1.97. The Hall–Kier alpha value is -1.61. The van der Waals surface area contributed by atoms with Gasteiger partial charge >= 0.3 is 0 Å². The van der Waals surface area contributed by atoms with Crippen molar-refractivity contribution in [2.75, 3.05) is 25.0 Å².